The number of nitrogens with zero attached hydrogens (tertiary/aromatic N) is 2. The number of hydrogen-bond acceptors (Lipinski definition) is 2. The zero-order chi connectivity index (χ0) is 21.7. The maximum absolute atomic E-state index is 12.1. The molecule has 6 rings (SSSR count). The van der Waals surface area contributed by atoms with Gasteiger partial charge >= 0.3 is 0 Å². The van der Waals surface area contributed by atoms with E-state index in [0.29, 0.717) is 28.3 Å². The van der Waals surface area contributed by atoms with Gasteiger partial charge in [0.15, 0.2) is 0 Å². The van der Waals surface area contributed by atoms with E-state index in [0.717, 1.165) is 37.0 Å². The summed E-state index contributed by atoms with van der Waals surface area (Å²) in [6.45, 7) is 6.52. The smallest absolute Gasteiger partial charge is 0.235 e. The van der Waals surface area contributed by atoms with Crippen molar-refractivity contribution < 1.29 is 9.59 Å². The molecule has 4 heterocycles. The monoisotopic (exact) mass is 453 g/mol. The van der Waals surface area contributed by atoms with E-state index in [1.807, 2.05) is 36.4 Å². The molecule has 0 radical (unpaired) electrons. The van der Waals surface area contributed by atoms with Gasteiger partial charge in [-0.05, 0) is 29.7 Å². The van der Waals surface area contributed by atoms with Crippen molar-refractivity contribution in [1.29, 1.82) is 0 Å². The molecule has 3 aliphatic rings. The molecule has 1 unspecified atom stereocenters. The number of halogens is 2. The molecule has 5 heteroatoms. The highest BCUT2D eigenvalue weighted by atomic mass is 35.5. The Morgan fingerprint density at radius 2 is 1.90 bits per heavy atom. The molecule has 1 aromatic heterocycles. The molecule has 1 N–H and O–H groups in total. The maximum atomic E-state index is 12.1. The Balaban J connectivity index is 1.67. The van der Waals surface area contributed by atoms with Crippen LogP contribution in [0.25, 0.3) is 10.9 Å². The van der Waals surface area contributed by atoms with Crippen LogP contribution in [0.15, 0.2) is 79.5 Å². The normalized spacial score (nSPS) is 32.0. The Morgan fingerprint density at radius 1 is 1.16 bits per heavy atom. The zero-order valence-corrected chi connectivity index (χ0v) is 18.9. The predicted octanol–water partition coefficient (Wildman–Crippen LogP) is 5.80. The first-order valence-corrected chi connectivity index (χ1v) is 11.6. The largest absolute Gasteiger partial charge is 0.365 e. The quantitative estimate of drug-likeness (QED) is 0.229. The number of hydrogen-bond donors (Lipinski definition) is 1. The van der Waals surface area contributed by atoms with Crippen LogP contribution in [0.5, 0.6) is 0 Å². The first-order chi connectivity index (χ1) is 14.9. The minimum absolute atomic E-state index is 0.365. The van der Waals surface area contributed by atoms with Gasteiger partial charge in [-0.1, -0.05) is 66.2 Å². The van der Waals surface area contributed by atoms with Crippen molar-refractivity contribution in [3.05, 3.63) is 90.6 Å². The lowest BCUT2D eigenvalue weighted by molar-refractivity contribution is -0.998. The van der Waals surface area contributed by atoms with Gasteiger partial charge in [-0.25, -0.2) is 0 Å². The van der Waals surface area contributed by atoms with E-state index in [9.17, 15) is 5.11 Å². The van der Waals surface area contributed by atoms with Crippen LogP contribution in [0.4, 0.5) is 0 Å². The van der Waals surface area contributed by atoms with Crippen molar-refractivity contribution in [2.24, 2.45) is 11.8 Å². The molecule has 3 saturated heterocycles. The lowest BCUT2D eigenvalue weighted by atomic mass is 9.70. The van der Waals surface area contributed by atoms with Gasteiger partial charge in [-0.15, -0.1) is 6.58 Å². The van der Waals surface area contributed by atoms with Gasteiger partial charge in [0.1, 0.15) is 6.54 Å². The number of alkyl halides is 2. The van der Waals surface area contributed by atoms with Crippen LogP contribution in [0.1, 0.15) is 24.0 Å². The van der Waals surface area contributed by atoms with Crippen LogP contribution in [0.3, 0.4) is 0 Å². The molecule has 3 aliphatic heterocycles. The molecule has 2 bridgehead atoms. The fourth-order valence-corrected chi connectivity index (χ4v) is 6.83. The van der Waals surface area contributed by atoms with Crippen LogP contribution in [0, 0.1) is 11.8 Å². The van der Waals surface area contributed by atoms with E-state index in [-0.39, 0.29) is 0 Å². The first kappa shape index (κ1) is 21.0. The molecule has 0 saturated carbocycles. The van der Waals surface area contributed by atoms with Crippen LogP contribution in [-0.4, -0.2) is 32.7 Å². The summed E-state index contributed by atoms with van der Waals surface area (Å²) in [6, 6.07) is 20.0. The summed E-state index contributed by atoms with van der Waals surface area (Å²) in [5.41, 5.74) is 2.62. The van der Waals surface area contributed by atoms with Crippen molar-refractivity contribution in [2.75, 3.05) is 13.1 Å². The summed E-state index contributed by atoms with van der Waals surface area (Å²) < 4.78 is 0.530. The SMILES string of the molecule is C=C[C@H]1C[N+]2(Cc3ccccc3)CC[C@H]1C[C@]2(Cl)[C@](O)(Cl)c1ccnc2ccccc12. The molecule has 31 heavy (non-hydrogen) atoms. The van der Waals surface area contributed by atoms with E-state index in [4.69, 9.17) is 23.2 Å². The molecule has 0 aliphatic carbocycles. The molecule has 3 fully saturated rings. The maximum Gasteiger partial charge on any atom is 0.235 e. The van der Waals surface area contributed by atoms with Crippen molar-refractivity contribution in [3.8, 4) is 0 Å². The third-order valence-corrected chi connectivity index (χ3v) is 8.92. The van der Waals surface area contributed by atoms with Crippen LogP contribution >= 0.6 is 23.2 Å². The first-order valence-electron chi connectivity index (χ1n) is 10.9. The van der Waals surface area contributed by atoms with E-state index in [1.165, 1.54) is 5.56 Å². The second-order valence-corrected chi connectivity index (χ2v) is 10.3. The van der Waals surface area contributed by atoms with E-state index >= 15 is 0 Å². The van der Waals surface area contributed by atoms with E-state index < -0.39 is 10.1 Å². The van der Waals surface area contributed by atoms with Crippen molar-refractivity contribution in [3.63, 3.8) is 0 Å². The number of aliphatic hydroxyl groups is 1. The van der Waals surface area contributed by atoms with Gasteiger partial charge in [0.2, 0.25) is 10.1 Å². The second kappa shape index (κ2) is 7.60. The molecular formula is C26H27Cl2N2O+. The fraction of sp³-hybridized carbons (Fsp3) is 0.346. The highest BCUT2D eigenvalue weighted by molar-refractivity contribution is 6.33. The number of rotatable bonds is 5. The average molecular weight is 454 g/mol. The van der Waals surface area contributed by atoms with Gasteiger partial charge in [0, 0.05) is 41.5 Å². The van der Waals surface area contributed by atoms with Crippen molar-refractivity contribution in [1.82, 2.24) is 4.98 Å². The number of pyridine rings is 1. The number of para-hydroxylation sites is 1. The van der Waals surface area contributed by atoms with Crippen LogP contribution < -0.4 is 0 Å². The van der Waals surface area contributed by atoms with E-state index in [1.54, 1.807) is 6.20 Å². The lowest BCUT2D eigenvalue weighted by Crippen LogP contribution is -2.76. The summed E-state index contributed by atoms with van der Waals surface area (Å²) in [7, 11) is 0. The molecular weight excluding hydrogens is 427 g/mol. The second-order valence-electron chi connectivity index (χ2n) is 9.10. The Morgan fingerprint density at radius 3 is 2.68 bits per heavy atom. The number of benzene rings is 2. The van der Waals surface area contributed by atoms with Gasteiger partial charge < -0.3 is 5.11 Å². The van der Waals surface area contributed by atoms with Gasteiger partial charge in [-0.3, -0.25) is 9.47 Å². The number of quaternary nitrogens is 1. The highest BCUT2D eigenvalue weighted by Gasteiger charge is 2.69. The van der Waals surface area contributed by atoms with Gasteiger partial charge in [0.05, 0.1) is 18.6 Å². The van der Waals surface area contributed by atoms with Crippen LogP contribution in [-0.2, 0) is 11.6 Å². The van der Waals surface area contributed by atoms with E-state index in [2.05, 4.69) is 41.9 Å². The Bertz CT molecular complexity index is 1110. The Labute approximate surface area is 193 Å². The number of aromatic nitrogens is 1. The topological polar surface area (TPSA) is 33.1 Å². The third-order valence-electron chi connectivity index (χ3n) is 7.52. The van der Waals surface area contributed by atoms with Crippen molar-refractivity contribution in [2.45, 2.75) is 29.4 Å². The zero-order valence-electron chi connectivity index (χ0n) is 17.4. The van der Waals surface area contributed by atoms with Gasteiger partial charge in [-0.2, -0.15) is 0 Å². The molecule has 2 aromatic carbocycles. The molecule has 0 amide bonds. The molecule has 3 aromatic rings. The molecule has 3 nitrogen and oxygen atoms in total. The van der Waals surface area contributed by atoms with Crippen LogP contribution in [0.2, 0.25) is 0 Å². The Kier molecular flexibility index (Phi) is 5.14. The predicted molar refractivity (Wildman–Crippen MR) is 127 cm³/mol. The third kappa shape index (κ3) is 3.14. The Hall–Kier alpha value is -1.91. The molecule has 160 valence electrons. The summed E-state index contributed by atoms with van der Waals surface area (Å²) in [5, 5.41) is 11.1. The summed E-state index contributed by atoms with van der Waals surface area (Å²) >= 11 is 14.7. The summed E-state index contributed by atoms with van der Waals surface area (Å²) in [4.78, 5) is 3.38. The minimum atomic E-state index is -1.75. The van der Waals surface area contributed by atoms with Crippen molar-refractivity contribution >= 4 is 34.1 Å². The number of fused-ring (bicyclic) bond motifs is 4. The summed E-state index contributed by atoms with van der Waals surface area (Å²) in [6.07, 6.45) is 5.46. The molecule has 0 spiro atoms. The average Bonchev–Trinajstić information content (AvgIpc) is 2.80. The fourth-order valence-electron chi connectivity index (χ4n) is 5.90. The minimum Gasteiger partial charge on any atom is -0.365 e. The van der Waals surface area contributed by atoms with Gasteiger partial charge in [0.25, 0.3) is 0 Å². The summed E-state index contributed by atoms with van der Waals surface area (Å²) in [5.74, 6) is 0.732. The molecule has 5 atom stereocenters. The standard InChI is InChI=1S/C26H27Cl2N2O/c1-2-20-18-30(17-19-8-4-3-5-9-19)15-13-21(20)16-25(30,27)26(28,31)23-12-14-29-24-11-7-6-10-22(23)24/h2-12,14,20-21,31H,1,13,15-18H2/q+1/t20-,21-,25+,26-,30?/m0/s1. The number of piperidine rings is 3. The highest BCUT2D eigenvalue weighted by Crippen LogP contribution is 2.60. The lowest BCUT2D eigenvalue weighted by Gasteiger charge is -2.63.